The maximum absolute atomic E-state index is 5.95. The molecule has 0 aromatic heterocycles. The molecule has 82 valence electrons. The molecule has 1 saturated heterocycles. The van der Waals surface area contributed by atoms with Crippen LogP contribution in [0.25, 0.3) is 0 Å². The number of rotatable bonds is 1. The van der Waals surface area contributed by atoms with Crippen molar-refractivity contribution in [1.82, 2.24) is 0 Å². The minimum absolute atomic E-state index is 0.193. The highest BCUT2D eigenvalue weighted by Crippen LogP contribution is 2.39. The highest BCUT2D eigenvalue weighted by Gasteiger charge is 2.52. The molecule has 0 aromatic carbocycles. The van der Waals surface area contributed by atoms with Crippen LogP contribution in [-0.4, -0.2) is 31.1 Å². The first kappa shape index (κ1) is 10.9. The van der Waals surface area contributed by atoms with Gasteiger partial charge in [0, 0.05) is 12.8 Å². The fourth-order valence-electron chi connectivity index (χ4n) is 1.69. The van der Waals surface area contributed by atoms with Crippen molar-refractivity contribution in [2.24, 2.45) is 4.99 Å². The van der Waals surface area contributed by atoms with Gasteiger partial charge >= 0.3 is 7.12 Å². The summed E-state index contributed by atoms with van der Waals surface area (Å²) in [5, 5.41) is 0. The maximum atomic E-state index is 5.95. The Bertz CT molecular complexity index is 305. The summed E-state index contributed by atoms with van der Waals surface area (Å²) in [6, 6.07) is 0. The summed E-state index contributed by atoms with van der Waals surface area (Å²) in [6.45, 7) is 9.14. The summed E-state index contributed by atoms with van der Waals surface area (Å²) in [7, 11) is -0.193. The van der Waals surface area contributed by atoms with Crippen LogP contribution < -0.4 is 0 Å². The van der Waals surface area contributed by atoms with E-state index in [-0.39, 0.29) is 18.3 Å². The zero-order valence-electron chi connectivity index (χ0n) is 9.91. The Hall–Kier alpha value is -0.605. The molecule has 3 nitrogen and oxygen atoms in total. The number of hydrogen-bond donors (Lipinski definition) is 0. The van der Waals surface area contributed by atoms with E-state index in [0.29, 0.717) is 0 Å². The topological polar surface area (TPSA) is 30.8 Å². The second kappa shape index (κ2) is 3.46. The van der Waals surface area contributed by atoms with E-state index in [1.807, 2.05) is 12.3 Å². The van der Waals surface area contributed by atoms with E-state index in [1.165, 1.54) is 5.47 Å². The van der Waals surface area contributed by atoms with Crippen molar-refractivity contribution in [2.75, 3.05) is 6.54 Å². The summed E-state index contributed by atoms with van der Waals surface area (Å²) in [5.41, 5.74) is 0.712. The number of allylic oxidation sites excluding steroid dienone is 1. The molecule has 1 fully saturated rings. The molecule has 0 aliphatic carbocycles. The Balaban J connectivity index is 2.15. The molecule has 0 amide bonds. The van der Waals surface area contributed by atoms with Crippen LogP contribution in [0.5, 0.6) is 0 Å². The van der Waals surface area contributed by atoms with Gasteiger partial charge in [0.15, 0.2) is 0 Å². The second-order valence-corrected chi connectivity index (χ2v) is 5.14. The fraction of sp³-hybridized carbons (Fsp3) is 0.727. The average molecular weight is 207 g/mol. The summed E-state index contributed by atoms with van der Waals surface area (Å²) in [5.74, 6) is 0. The monoisotopic (exact) mass is 207 g/mol. The number of aliphatic imine (C=N–C) groups is 1. The first-order valence-electron chi connectivity index (χ1n) is 5.47. The van der Waals surface area contributed by atoms with Gasteiger partial charge in [0.1, 0.15) is 0 Å². The van der Waals surface area contributed by atoms with Crippen LogP contribution in [0.1, 0.15) is 34.1 Å². The first-order valence-corrected chi connectivity index (χ1v) is 5.47. The first-order chi connectivity index (χ1) is 6.92. The largest absolute Gasteiger partial charge is 0.490 e. The van der Waals surface area contributed by atoms with Gasteiger partial charge in [0.25, 0.3) is 0 Å². The Labute approximate surface area is 91.7 Å². The lowest BCUT2D eigenvalue weighted by atomic mass is 9.75. The van der Waals surface area contributed by atoms with Crippen LogP contribution in [0.2, 0.25) is 0 Å². The quantitative estimate of drug-likeness (QED) is 0.616. The Kier molecular flexibility index (Phi) is 2.51. The molecule has 0 radical (unpaired) electrons. The third-order valence-corrected chi connectivity index (χ3v) is 3.48. The van der Waals surface area contributed by atoms with Crippen molar-refractivity contribution < 1.29 is 9.31 Å². The van der Waals surface area contributed by atoms with Gasteiger partial charge in [-0.05, 0) is 45.7 Å². The molecule has 2 rings (SSSR count). The molecule has 0 bridgehead atoms. The van der Waals surface area contributed by atoms with E-state index in [9.17, 15) is 0 Å². The average Bonchev–Trinajstić information content (AvgIpc) is 2.38. The van der Waals surface area contributed by atoms with E-state index in [4.69, 9.17) is 9.31 Å². The smallest absolute Gasteiger partial charge is 0.400 e. The lowest BCUT2D eigenvalue weighted by Gasteiger charge is -2.32. The fourth-order valence-corrected chi connectivity index (χ4v) is 1.69. The van der Waals surface area contributed by atoms with Crippen LogP contribution in [0.15, 0.2) is 16.5 Å². The molecule has 0 atom stereocenters. The highest BCUT2D eigenvalue weighted by molar-refractivity contribution is 6.55. The van der Waals surface area contributed by atoms with Gasteiger partial charge in [-0.25, -0.2) is 0 Å². The van der Waals surface area contributed by atoms with E-state index >= 15 is 0 Å². The molecule has 2 aliphatic rings. The van der Waals surface area contributed by atoms with Gasteiger partial charge in [-0.15, -0.1) is 0 Å². The zero-order valence-corrected chi connectivity index (χ0v) is 9.91. The van der Waals surface area contributed by atoms with Crippen molar-refractivity contribution in [3.63, 3.8) is 0 Å². The lowest BCUT2D eigenvalue weighted by molar-refractivity contribution is 0.00578. The van der Waals surface area contributed by atoms with Gasteiger partial charge in [0.05, 0.1) is 11.2 Å². The molecule has 0 aromatic rings. The molecule has 0 N–H and O–H groups in total. The summed E-state index contributed by atoms with van der Waals surface area (Å²) >= 11 is 0. The number of nitrogens with zero attached hydrogens (tertiary/aromatic N) is 1. The maximum Gasteiger partial charge on any atom is 0.490 e. The molecule has 4 heteroatoms. The van der Waals surface area contributed by atoms with Crippen LogP contribution in [0.4, 0.5) is 0 Å². The van der Waals surface area contributed by atoms with Crippen molar-refractivity contribution in [3.8, 4) is 0 Å². The van der Waals surface area contributed by atoms with Crippen molar-refractivity contribution >= 4 is 13.3 Å². The van der Waals surface area contributed by atoms with Crippen molar-refractivity contribution in [2.45, 2.75) is 45.3 Å². The van der Waals surface area contributed by atoms with E-state index < -0.39 is 0 Å². The lowest BCUT2D eigenvalue weighted by Crippen LogP contribution is -2.41. The van der Waals surface area contributed by atoms with Crippen molar-refractivity contribution in [1.29, 1.82) is 0 Å². The minimum Gasteiger partial charge on any atom is -0.400 e. The van der Waals surface area contributed by atoms with Crippen molar-refractivity contribution in [3.05, 3.63) is 11.5 Å². The van der Waals surface area contributed by atoms with Crippen LogP contribution in [0.3, 0.4) is 0 Å². The molecule has 0 unspecified atom stereocenters. The third-order valence-electron chi connectivity index (χ3n) is 3.48. The third kappa shape index (κ3) is 1.88. The number of hydrogen-bond acceptors (Lipinski definition) is 3. The van der Waals surface area contributed by atoms with Crippen LogP contribution >= 0.6 is 0 Å². The summed E-state index contributed by atoms with van der Waals surface area (Å²) in [4.78, 5) is 4.16. The zero-order chi connectivity index (χ0) is 11.1. The van der Waals surface area contributed by atoms with Gasteiger partial charge in [-0.3, -0.25) is 4.99 Å². The van der Waals surface area contributed by atoms with Crippen LogP contribution in [0, 0.1) is 0 Å². The second-order valence-electron chi connectivity index (χ2n) is 5.14. The van der Waals surface area contributed by atoms with E-state index in [0.717, 1.165) is 13.0 Å². The highest BCUT2D eigenvalue weighted by atomic mass is 16.7. The Morgan fingerprint density at radius 2 is 1.80 bits per heavy atom. The Morgan fingerprint density at radius 3 is 2.27 bits per heavy atom. The number of dihydropyridines is 1. The van der Waals surface area contributed by atoms with Gasteiger partial charge < -0.3 is 9.31 Å². The van der Waals surface area contributed by atoms with Gasteiger partial charge in [0.2, 0.25) is 0 Å². The van der Waals surface area contributed by atoms with Crippen LogP contribution in [-0.2, 0) is 9.31 Å². The molecular weight excluding hydrogens is 189 g/mol. The molecule has 0 spiro atoms. The minimum atomic E-state index is -0.243. The summed E-state index contributed by atoms with van der Waals surface area (Å²) in [6.07, 6.45) is 4.78. The molecule has 2 aliphatic heterocycles. The standard InChI is InChI=1S/C11H18BNO2/c1-10(2)11(3,4)15-12(14-10)9-5-7-13-8-6-9/h5,7H,6,8H2,1-4H3. The molecule has 0 saturated carbocycles. The van der Waals surface area contributed by atoms with E-state index in [2.05, 4.69) is 32.7 Å². The summed E-state index contributed by atoms with van der Waals surface area (Å²) < 4.78 is 11.9. The normalized spacial score (nSPS) is 28.0. The molecular formula is C11H18BNO2. The predicted molar refractivity (Wildman–Crippen MR) is 62.1 cm³/mol. The SMILES string of the molecule is CC1(C)OB(C2=CC=NCC2)OC1(C)C. The van der Waals surface area contributed by atoms with E-state index in [1.54, 1.807) is 0 Å². The molecule has 15 heavy (non-hydrogen) atoms. The van der Waals surface area contributed by atoms with Gasteiger partial charge in [-0.1, -0.05) is 0 Å². The predicted octanol–water partition coefficient (Wildman–Crippen LogP) is 2.02. The molecule has 2 heterocycles. The Morgan fingerprint density at radius 1 is 1.20 bits per heavy atom. The van der Waals surface area contributed by atoms with Gasteiger partial charge in [-0.2, -0.15) is 0 Å².